The van der Waals surface area contributed by atoms with Crippen molar-refractivity contribution in [1.29, 1.82) is 0 Å². The summed E-state index contributed by atoms with van der Waals surface area (Å²) in [5.41, 5.74) is 0. The molecule has 1 amide bonds. The lowest BCUT2D eigenvalue weighted by molar-refractivity contribution is -0.132. The molecule has 1 aliphatic rings. The lowest BCUT2D eigenvalue weighted by atomic mass is 10.2. The molecule has 1 aromatic heterocycles. The first-order valence-corrected chi connectivity index (χ1v) is 5.78. The second kappa shape index (κ2) is 5.63. The normalized spacial score (nSPS) is 20.1. The predicted molar refractivity (Wildman–Crippen MR) is 63.8 cm³/mol. The van der Waals surface area contributed by atoms with E-state index in [0.29, 0.717) is 6.61 Å². The highest BCUT2D eigenvalue weighted by Crippen LogP contribution is 2.10. The standard InChI is InChI=1S/C12H17N3O2/c1-10(16)15-6-5-14-7-11(15)9-17-12-3-2-4-13-8-12/h2-4,8,11,14H,5-7,9H2,1H3. The van der Waals surface area contributed by atoms with Gasteiger partial charge in [0.2, 0.25) is 5.91 Å². The summed E-state index contributed by atoms with van der Waals surface area (Å²) in [5, 5.41) is 3.27. The van der Waals surface area contributed by atoms with E-state index < -0.39 is 0 Å². The van der Waals surface area contributed by atoms with E-state index >= 15 is 0 Å². The van der Waals surface area contributed by atoms with Crippen LogP contribution >= 0.6 is 0 Å². The maximum absolute atomic E-state index is 11.5. The maximum atomic E-state index is 11.5. The molecular formula is C12H17N3O2. The monoisotopic (exact) mass is 235 g/mol. The summed E-state index contributed by atoms with van der Waals surface area (Å²) >= 11 is 0. The molecule has 17 heavy (non-hydrogen) atoms. The molecule has 1 unspecified atom stereocenters. The van der Waals surface area contributed by atoms with Crippen molar-refractivity contribution in [3.8, 4) is 5.75 Å². The Morgan fingerprint density at radius 2 is 2.59 bits per heavy atom. The van der Waals surface area contributed by atoms with E-state index in [0.717, 1.165) is 25.4 Å². The van der Waals surface area contributed by atoms with Crippen LogP contribution in [0.3, 0.4) is 0 Å². The summed E-state index contributed by atoms with van der Waals surface area (Å²) in [4.78, 5) is 17.3. The van der Waals surface area contributed by atoms with Gasteiger partial charge in [0.25, 0.3) is 0 Å². The molecule has 1 aromatic rings. The van der Waals surface area contributed by atoms with Crippen molar-refractivity contribution in [3.63, 3.8) is 0 Å². The van der Waals surface area contributed by atoms with E-state index in [1.807, 2.05) is 17.0 Å². The number of nitrogens with zero attached hydrogens (tertiary/aromatic N) is 2. The molecule has 0 aliphatic carbocycles. The molecule has 0 saturated carbocycles. The van der Waals surface area contributed by atoms with Crippen LogP contribution in [-0.2, 0) is 4.79 Å². The number of carbonyl (C=O) groups is 1. The van der Waals surface area contributed by atoms with Gasteiger partial charge < -0.3 is 15.0 Å². The summed E-state index contributed by atoms with van der Waals surface area (Å²) in [7, 11) is 0. The number of rotatable bonds is 3. The van der Waals surface area contributed by atoms with Crippen LogP contribution in [0.1, 0.15) is 6.92 Å². The molecular weight excluding hydrogens is 218 g/mol. The van der Waals surface area contributed by atoms with Gasteiger partial charge in [-0.05, 0) is 12.1 Å². The zero-order chi connectivity index (χ0) is 12.1. The first kappa shape index (κ1) is 11.9. The van der Waals surface area contributed by atoms with Gasteiger partial charge in [-0.1, -0.05) is 0 Å². The van der Waals surface area contributed by atoms with Gasteiger partial charge in [0, 0.05) is 32.8 Å². The molecule has 92 valence electrons. The lowest BCUT2D eigenvalue weighted by Gasteiger charge is -2.35. The molecule has 0 bridgehead atoms. The van der Waals surface area contributed by atoms with E-state index in [9.17, 15) is 4.79 Å². The van der Waals surface area contributed by atoms with Crippen molar-refractivity contribution in [3.05, 3.63) is 24.5 Å². The SMILES string of the molecule is CC(=O)N1CCNCC1COc1cccnc1. The van der Waals surface area contributed by atoms with E-state index in [2.05, 4.69) is 10.3 Å². The Hall–Kier alpha value is -1.62. The topological polar surface area (TPSA) is 54.5 Å². The number of hydrogen-bond donors (Lipinski definition) is 1. The van der Waals surface area contributed by atoms with Crippen LogP contribution in [0, 0.1) is 0 Å². The molecule has 5 nitrogen and oxygen atoms in total. The number of hydrogen-bond acceptors (Lipinski definition) is 4. The van der Waals surface area contributed by atoms with Gasteiger partial charge in [0.05, 0.1) is 12.2 Å². The van der Waals surface area contributed by atoms with Gasteiger partial charge in [-0.3, -0.25) is 9.78 Å². The van der Waals surface area contributed by atoms with Crippen LogP contribution < -0.4 is 10.1 Å². The maximum Gasteiger partial charge on any atom is 0.219 e. The van der Waals surface area contributed by atoms with Crippen LogP contribution in [0.2, 0.25) is 0 Å². The van der Waals surface area contributed by atoms with Crippen molar-refractivity contribution in [2.24, 2.45) is 0 Å². The first-order valence-electron chi connectivity index (χ1n) is 5.78. The van der Waals surface area contributed by atoms with Gasteiger partial charge in [-0.25, -0.2) is 0 Å². The van der Waals surface area contributed by atoms with Crippen LogP contribution in [-0.4, -0.2) is 48.1 Å². The van der Waals surface area contributed by atoms with Gasteiger partial charge in [0.15, 0.2) is 0 Å². The summed E-state index contributed by atoms with van der Waals surface area (Å²) in [5.74, 6) is 0.841. The Bertz CT molecular complexity index is 369. The highest BCUT2D eigenvalue weighted by molar-refractivity contribution is 5.73. The number of nitrogens with one attached hydrogen (secondary N) is 1. The molecule has 5 heteroatoms. The van der Waals surface area contributed by atoms with Crippen molar-refractivity contribution in [2.45, 2.75) is 13.0 Å². The van der Waals surface area contributed by atoms with E-state index in [1.165, 1.54) is 0 Å². The fourth-order valence-electron chi connectivity index (χ4n) is 1.95. The van der Waals surface area contributed by atoms with Crippen LogP contribution in [0.4, 0.5) is 0 Å². The Kier molecular flexibility index (Phi) is 3.93. The van der Waals surface area contributed by atoms with E-state index in [1.54, 1.807) is 19.3 Å². The van der Waals surface area contributed by atoms with Crippen molar-refractivity contribution >= 4 is 5.91 Å². The first-order chi connectivity index (χ1) is 8.27. The second-order valence-electron chi connectivity index (χ2n) is 4.07. The minimum absolute atomic E-state index is 0.0986. The van der Waals surface area contributed by atoms with Gasteiger partial charge in [-0.2, -0.15) is 0 Å². The zero-order valence-corrected chi connectivity index (χ0v) is 9.93. The Morgan fingerprint density at radius 3 is 3.29 bits per heavy atom. The van der Waals surface area contributed by atoms with Gasteiger partial charge in [0.1, 0.15) is 12.4 Å². The molecule has 1 N–H and O–H groups in total. The molecule has 1 aliphatic heterocycles. The highest BCUT2D eigenvalue weighted by atomic mass is 16.5. The average Bonchev–Trinajstić information content (AvgIpc) is 2.38. The van der Waals surface area contributed by atoms with Gasteiger partial charge in [-0.15, -0.1) is 0 Å². The average molecular weight is 235 g/mol. The van der Waals surface area contributed by atoms with Crippen molar-refractivity contribution in [2.75, 3.05) is 26.2 Å². The van der Waals surface area contributed by atoms with Crippen molar-refractivity contribution < 1.29 is 9.53 Å². The van der Waals surface area contributed by atoms with Crippen LogP contribution in [0.5, 0.6) is 5.75 Å². The lowest BCUT2D eigenvalue weighted by Crippen LogP contribution is -2.55. The Balaban J connectivity index is 1.90. The zero-order valence-electron chi connectivity index (χ0n) is 9.93. The molecule has 0 spiro atoms. The van der Waals surface area contributed by atoms with E-state index in [-0.39, 0.29) is 11.9 Å². The third-order valence-corrected chi connectivity index (χ3v) is 2.83. The number of ether oxygens (including phenoxy) is 1. The van der Waals surface area contributed by atoms with Crippen LogP contribution in [0.15, 0.2) is 24.5 Å². The minimum Gasteiger partial charge on any atom is -0.490 e. The summed E-state index contributed by atoms with van der Waals surface area (Å²) in [6, 6.07) is 3.79. The number of pyridine rings is 1. The molecule has 2 heterocycles. The Labute approximate surface area is 101 Å². The fourth-order valence-corrected chi connectivity index (χ4v) is 1.95. The number of carbonyl (C=O) groups excluding carboxylic acids is 1. The fraction of sp³-hybridized carbons (Fsp3) is 0.500. The third kappa shape index (κ3) is 3.17. The summed E-state index contributed by atoms with van der Waals surface area (Å²) in [6.45, 7) is 4.47. The highest BCUT2D eigenvalue weighted by Gasteiger charge is 2.24. The quantitative estimate of drug-likeness (QED) is 0.817. The predicted octanol–water partition coefficient (Wildman–Crippen LogP) is 0.281. The van der Waals surface area contributed by atoms with Crippen molar-refractivity contribution in [1.82, 2.24) is 15.2 Å². The summed E-state index contributed by atoms with van der Waals surface area (Å²) in [6.07, 6.45) is 3.38. The smallest absolute Gasteiger partial charge is 0.219 e. The molecule has 1 fully saturated rings. The van der Waals surface area contributed by atoms with E-state index in [4.69, 9.17) is 4.74 Å². The number of piperazine rings is 1. The largest absolute Gasteiger partial charge is 0.490 e. The third-order valence-electron chi connectivity index (χ3n) is 2.83. The molecule has 1 atom stereocenters. The minimum atomic E-state index is 0.0986. The molecule has 0 radical (unpaired) electrons. The summed E-state index contributed by atoms with van der Waals surface area (Å²) < 4.78 is 5.63. The molecule has 1 saturated heterocycles. The number of aromatic nitrogens is 1. The second-order valence-corrected chi connectivity index (χ2v) is 4.07. The number of amides is 1. The van der Waals surface area contributed by atoms with Crippen LogP contribution in [0.25, 0.3) is 0 Å². The van der Waals surface area contributed by atoms with Gasteiger partial charge >= 0.3 is 0 Å². The molecule has 0 aromatic carbocycles. The Morgan fingerprint density at radius 1 is 1.71 bits per heavy atom. The molecule has 2 rings (SSSR count).